The van der Waals surface area contributed by atoms with Gasteiger partial charge < -0.3 is 14.9 Å². The summed E-state index contributed by atoms with van der Waals surface area (Å²) in [5.41, 5.74) is 1.32. The number of imidazole rings is 2. The molecule has 3 rings (SSSR count). The van der Waals surface area contributed by atoms with Crippen LogP contribution < -0.4 is 11.0 Å². The molecule has 0 saturated carbocycles. The summed E-state index contributed by atoms with van der Waals surface area (Å²) < 4.78 is 3.69. The number of hydrogen-bond acceptors (Lipinski definition) is 4. The fraction of sp³-hybridized carbons (Fsp3) is 0.462. The summed E-state index contributed by atoms with van der Waals surface area (Å²) in [5, 5.41) is 3.09. The highest BCUT2D eigenvalue weighted by Crippen LogP contribution is 2.33. The molecule has 3 heterocycles. The van der Waals surface area contributed by atoms with E-state index in [9.17, 15) is 4.79 Å². The van der Waals surface area contributed by atoms with Crippen molar-refractivity contribution in [3.8, 4) is 11.4 Å². The zero-order valence-electron chi connectivity index (χ0n) is 11.7. The first-order valence-electron chi connectivity index (χ1n) is 6.93. The average molecular weight is 274 g/mol. The van der Waals surface area contributed by atoms with Crippen LogP contribution in [0.2, 0.25) is 0 Å². The van der Waals surface area contributed by atoms with Crippen LogP contribution in [-0.2, 0) is 13.1 Å². The van der Waals surface area contributed by atoms with Gasteiger partial charge in [-0.1, -0.05) is 13.8 Å². The number of aryl methyl sites for hydroxylation is 1. The Balaban J connectivity index is 2.17. The van der Waals surface area contributed by atoms with Crippen molar-refractivity contribution in [1.29, 1.82) is 0 Å². The van der Waals surface area contributed by atoms with E-state index in [1.165, 1.54) is 0 Å². The second kappa shape index (κ2) is 4.99. The second-order valence-corrected chi connectivity index (χ2v) is 4.82. The first-order chi connectivity index (χ1) is 9.76. The number of hydrogen-bond donors (Lipinski definition) is 2. The van der Waals surface area contributed by atoms with Crippen molar-refractivity contribution < 1.29 is 0 Å². The van der Waals surface area contributed by atoms with Crippen molar-refractivity contribution in [2.24, 2.45) is 4.99 Å². The topological polar surface area (TPSA) is 80.0 Å². The van der Waals surface area contributed by atoms with Gasteiger partial charge in [0.15, 0.2) is 5.82 Å². The highest BCUT2D eigenvalue weighted by molar-refractivity contribution is 5.89. The van der Waals surface area contributed by atoms with Crippen LogP contribution in [0.4, 0.5) is 11.6 Å². The van der Waals surface area contributed by atoms with Crippen LogP contribution in [0, 0.1) is 0 Å². The van der Waals surface area contributed by atoms with Crippen LogP contribution in [0.25, 0.3) is 11.4 Å². The second-order valence-electron chi connectivity index (χ2n) is 4.82. The Kier molecular flexibility index (Phi) is 3.17. The molecule has 0 aliphatic carbocycles. The van der Waals surface area contributed by atoms with Crippen molar-refractivity contribution >= 4 is 18.0 Å². The number of aromatic nitrogens is 4. The van der Waals surface area contributed by atoms with Crippen molar-refractivity contribution in [3.63, 3.8) is 0 Å². The monoisotopic (exact) mass is 274 g/mol. The lowest BCUT2D eigenvalue weighted by atomic mass is 10.3. The number of nitrogens with zero attached hydrogens (tertiary/aromatic N) is 4. The third kappa shape index (κ3) is 1.86. The molecule has 0 atom stereocenters. The largest absolute Gasteiger partial charge is 0.330 e. The molecule has 0 fully saturated rings. The van der Waals surface area contributed by atoms with E-state index in [4.69, 9.17) is 0 Å². The van der Waals surface area contributed by atoms with Crippen LogP contribution in [0.15, 0.2) is 16.1 Å². The molecule has 1 aliphatic rings. The molecule has 0 amide bonds. The summed E-state index contributed by atoms with van der Waals surface area (Å²) in [6, 6.07) is 0. The first-order valence-corrected chi connectivity index (χ1v) is 6.93. The fourth-order valence-electron chi connectivity index (χ4n) is 2.48. The number of nitrogens with one attached hydrogen (secondary N) is 2. The predicted octanol–water partition coefficient (Wildman–Crippen LogP) is 1.95. The van der Waals surface area contributed by atoms with Crippen molar-refractivity contribution in [2.45, 2.75) is 39.8 Å². The minimum atomic E-state index is -0.115. The molecule has 0 aromatic carbocycles. The SMILES string of the molecule is CCCn1cnc2c1N=CNc1c-2[nH]c(=O)n1CCC. The molecule has 0 bridgehead atoms. The van der Waals surface area contributed by atoms with Crippen molar-refractivity contribution in [2.75, 3.05) is 5.32 Å². The van der Waals surface area contributed by atoms with E-state index in [-0.39, 0.29) is 5.69 Å². The van der Waals surface area contributed by atoms with E-state index >= 15 is 0 Å². The highest BCUT2D eigenvalue weighted by Gasteiger charge is 2.22. The minimum absolute atomic E-state index is 0.115. The molecule has 2 aromatic heterocycles. The number of rotatable bonds is 4. The Hall–Kier alpha value is -2.31. The number of aromatic amines is 1. The zero-order valence-corrected chi connectivity index (χ0v) is 11.7. The van der Waals surface area contributed by atoms with E-state index in [1.807, 2.05) is 11.5 Å². The van der Waals surface area contributed by atoms with Gasteiger partial charge in [-0.25, -0.2) is 14.8 Å². The molecule has 0 radical (unpaired) electrons. The van der Waals surface area contributed by atoms with Gasteiger partial charge in [-0.05, 0) is 12.8 Å². The molecule has 7 heteroatoms. The Morgan fingerprint density at radius 3 is 2.80 bits per heavy atom. The molecule has 20 heavy (non-hydrogen) atoms. The normalized spacial score (nSPS) is 12.7. The van der Waals surface area contributed by atoms with Crippen LogP contribution in [-0.4, -0.2) is 25.4 Å². The maximum atomic E-state index is 12.0. The van der Waals surface area contributed by atoms with Gasteiger partial charge >= 0.3 is 5.69 Å². The van der Waals surface area contributed by atoms with Gasteiger partial charge in [0.2, 0.25) is 0 Å². The lowest BCUT2D eigenvalue weighted by Crippen LogP contribution is -2.18. The van der Waals surface area contributed by atoms with Gasteiger partial charge in [-0.2, -0.15) is 0 Å². The summed E-state index contributed by atoms with van der Waals surface area (Å²) >= 11 is 0. The Morgan fingerprint density at radius 2 is 2.05 bits per heavy atom. The van der Waals surface area contributed by atoms with Gasteiger partial charge in [-0.15, -0.1) is 0 Å². The van der Waals surface area contributed by atoms with Gasteiger partial charge in [0.05, 0.1) is 12.7 Å². The molecular formula is C13H18N6O. The van der Waals surface area contributed by atoms with Crippen LogP contribution in [0.1, 0.15) is 26.7 Å². The summed E-state index contributed by atoms with van der Waals surface area (Å²) in [5.74, 6) is 1.52. The molecule has 1 aliphatic heterocycles. The third-order valence-electron chi connectivity index (χ3n) is 3.33. The van der Waals surface area contributed by atoms with Crippen LogP contribution >= 0.6 is 0 Å². The number of fused-ring (bicyclic) bond motifs is 3. The Labute approximate surface area is 116 Å². The van der Waals surface area contributed by atoms with Gasteiger partial charge in [0.25, 0.3) is 0 Å². The Morgan fingerprint density at radius 1 is 1.25 bits per heavy atom. The quantitative estimate of drug-likeness (QED) is 0.894. The summed E-state index contributed by atoms with van der Waals surface area (Å²) in [6.45, 7) is 5.67. The molecular weight excluding hydrogens is 256 g/mol. The van der Waals surface area contributed by atoms with Gasteiger partial charge in [-0.3, -0.25) is 4.57 Å². The van der Waals surface area contributed by atoms with E-state index < -0.39 is 0 Å². The van der Waals surface area contributed by atoms with E-state index in [0.717, 1.165) is 36.7 Å². The van der Waals surface area contributed by atoms with Crippen molar-refractivity contribution in [1.82, 2.24) is 19.1 Å². The fourth-order valence-corrected chi connectivity index (χ4v) is 2.48. The summed E-state index contributed by atoms with van der Waals surface area (Å²) in [4.78, 5) is 23.8. The van der Waals surface area contributed by atoms with Crippen LogP contribution in [0.3, 0.4) is 0 Å². The van der Waals surface area contributed by atoms with Crippen molar-refractivity contribution in [3.05, 3.63) is 16.8 Å². The Bertz CT molecular complexity index is 705. The van der Waals surface area contributed by atoms with E-state index in [1.54, 1.807) is 17.2 Å². The van der Waals surface area contributed by atoms with E-state index in [0.29, 0.717) is 12.2 Å². The zero-order chi connectivity index (χ0) is 14.1. The highest BCUT2D eigenvalue weighted by atomic mass is 16.1. The number of aliphatic imine (C=N–C) groups is 1. The summed E-state index contributed by atoms with van der Waals surface area (Å²) in [7, 11) is 0. The molecule has 0 unspecified atom stereocenters. The van der Waals surface area contributed by atoms with Gasteiger partial charge in [0, 0.05) is 13.1 Å². The predicted molar refractivity (Wildman–Crippen MR) is 78.6 cm³/mol. The third-order valence-corrected chi connectivity index (χ3v) is 3.33. The first kappa shape index (κ1) is 12.7. The van der Waals surface area contributed by atoms with E-state index in [2.05, 4.69) is 27.2 Å². The smallest absolute Gasteiger partial charge is 0.327 e. The van der Waals surface area contributed by atoms with Crippen LogP contribution in [0.5, 0.6) is 0 Å². The molecule has 2 aromatic rings. The minimum Gasteiger partial charge on any atom is -0.330 e. The lowest BCUT2D eigenvalue weighted by molar-refractivity contribution is 0.663. The number of H-pyrrole nitrogens is 1. The lowest BCUT2D eigenvalue weighted by Gasteiger charge is -2.04. The maximum absolute atomic E-state index is 12.0. The van der Waals surface area contributed by atoms with Gasteiger partial charge in [0.1, 0.15) is 17.2 Å². The molecule has 0 saturated heterocycles. The molecule has 7 nitrogen and oxygen atoms in total. The molecule has 106 valence electrons. The molecule has 0 spiro atoms. The number of anilines is 1. The summed E-state index contributed by atoms with van der Waals surface area (Å²) in [6.07, 6.45) is 5.29. The molecule has 2 N–H and O–H groups in total. The standard InChI is InChI=1S/C13H18N6O/c1-3-5-18-8-16-9-10-12(15-7-14-11(9)18)19(6-4-2)13(20)17-10/h7-8H,3-6H2,1-2H3,(H,14,15)(H,17,20). The maximum Gasteiger partial charge on any atom is 0.327 e. The average Bonchev–Trinajstić information content (AvgIpc) is 2.89.